The number of piperidine rings is 1. The molecule has 1 atom stereocenters. The third kappa shape index (κ3) is 4.90. The summed E-state index contributed by atoms with van der Waals surface area (Å²) in [6, 6.07) is 11.1. The Kier molecular flexibility index (Phi) is 6.86. The largest absolute Gasteiger partial charge is 0.324 e. The first-order valence-electron chi connectivity index (χ1n) is 12.0. The molecule has 1 fully saturated rings. The summed E-state index contributed by atoms with van der Waals surface area (Å²) in [5.41, 5.74) is 1.65. The van der Waals surface area contributed by atoms with Gasteiger partial charge in [0.15, 0.2) is 0 Å². The van der Waals surface area contributed by atoms with E-state index in [0.29, 0.717) is 47.0 Å². The van der Waals surface area contributed by atoms with Gasteiger partial charge in [-0.2, -0.15) is 4.31 Å². The van der Waals surface area contributed by atoms with Crippen LogP contribution in [0.1, 0.15) is 36.0 Å². The van der Waals surface area contributed by atoms with Gasteiger partial charge in [-0.1, -0.05) is 24.6 Å². The lowest BCUT2D eigenvalue weighted by molar-refractivity contribution is -0.120. The highest BCUT2D eigenvalue weighted by Gasteiger charge is 2.38. The van der Waals surface area contributed by atoms with Crippen LogP contribution in [0.2, 0.25) is 0 Å². The van der Waals surface area contributed by atoms with Crippen LogP contribution in [0.3, 0.4) is 0 Å². The van der Waals surface area contributed by atoms with Crippen molar-refractivity contribution in [1.29, 1.82) is 0 Å². The quantitative estimate of drug-likeness (QED) is 0.450. The van der Waals surface area contributed by atoms with Crippen molar-refractivity contribution in [2.75, 3.05) is 35.3 Å². The molecule has 0 radical (unpaired) electrons. The topological polar surface area (TPSA) is 121 Å². The number of hydrogen-bond acceptors (Lipinski definition) is 7. The van der Waals surface area contributed by atoms with Gasteiger partial charge in [0, 0.05) is 41.4 Å². The minimum atomic E-state index is -3.79. The summed E-state index contributed by atoms with van der Waals surface area (Å²) in [6.45, 7) is 0.540. The molecule has 0 spiro atoms. The van der Waals surface area contributed by atoms with Crippen LogP contribution in [0.15, 0.2) is 52.1 Å². The number of carbonyl (C=O) groups excluding carboxylic acids is 2. The molecule has 0 saturated carbocycles. The first kappa shape index (κ1) is 25.8. The Morgan fingerprint density at radius 3 is 2.62 bits per heavy atom. The van der Waals surface area contributed by atoms with Crippen molar-refractivity contribution >= 4 is 65.2 Å². The zero-order chi connectivity index (χ0) is 26.4. The third-order valence-electron chi connectivity index (χ3n) is 6.75. The summed E-state index contributed by atoms with van der Waals surface area (Å²) in [4.78, 5) is 28.1. The average Bonchev–Trinajstić information content (AvgIpc) is 3.50. The highest BCUT2D eigenvalue weighted by atomic mass is 32.2. The molecular formula is C25H27N3O6S3. The number of sulfonamides is 1. The van der Waals surface area contributed by atoms with Crippen molar-refractivity contribution in [2.24, 2.45) is 0 Å². The smallest absolute Gasteiger partial charge is 0.258 e. The van der Waals surface area contributed by atoms with Crippen molar-refractivity contribution < 1.29 is 26.4 Å². The molecule has 5 rings (SSSR count). The van der Waals surface area contributed by atoms with E-state index in [1.165, 1.54) is 10.6 Å². The fourth-order valence-corrected chi connectivity index (χ4v) is 8.49. The van der Waals surface area contributed by atoms with Crippen LogP contribution in [-0.4, -0.2) is 64.1 Å². The van der Waals surface area contributed by atoms with Crippen LogP contribution in [0.25, 0.3) is 10.8 Å². The number of benzene rings is 2. The lowest BCUT2D eigenvalue weighted by Gasteiger charge is -2.33. The summed E-state index contributed by atoms with van der Waals surface area (Å²) in [5.74, 6) is -0.635. The number of carbonyl (C=O) groups is 2. The molecule has 9 nitrogen and oxygen atoms in total. The Morgan fingerprint density at radius 2 is 1.89 bits per heavy atom. The summed E-state index contributed by atoms with van der Waals surface area (Å²) in [6.07, 6.45) is 3.34. The van der Waals surface area contributed by atoms with E-state index in [1.54, 1.807) is 46.7 Å². The Labute approximate surface area is 220 Å². The second-order valence-electron chi connectivity index (χ2n) is 9.35. The van der Waals surface area contributed by atoms with Crippen LogP contribution in [-0.2, 0) is 24.7 Å². The first-order valence-corrected chi connectivity index (χ1v) is 16.4. The van der Waals surface area contributed by atoms with Crippen molar-refractivity contribution in [3.05, 3.63) is 53.4 Å². The van der Waals surface area contributed by atoms with Crippen LogP contribution in [0.4, 0.5) is 11.4 Å². The molecule has 0 aliphatic carbocycles. The van der Waals surface area contributed by atoms with Gasteiger partial charge in [-0.25, -0.2) is 16.8 Å². The minimum Gasteiger partial charge on any atom is -0.324 e. The van der Waals surface area contributed by atoms with Crippen molar-refractivity contribution in [3.63, 3.8) is 0 Å². The second kappa shape index (κ2) is 9.82. The highest BCUT2D eigenvalue weighted by molar-refractivity contribution is 7.91. The summed E-state index contributed by atoms with van der Waals surface area (Å²) in [5, 5.41) is 5.99. The number of hydrogen-bond donors (Lipinski definition) is 1. The van der Waals surface area contributed by atoms with E-state index in [4.69, 9.17) is 0 Å². The molecule has 0 bridgehead atoms. The molecule has 2 amide bonds. The van der Waals surface area contributed by atoms with Gasteiger partial charge in [-0.3, -0.25) is 9.59 Å². The number of thiophene rings is 1. The monoisotopic (exact) mass is 561 g/mol. The molecule has 3 aromatic rings. The van der Waals surface area contributed by atoms with Crippen molar-refractivity contribution in [3.8, 4) is 0 Å². The maximum Gasteiger partial charge on any atom is 0.258 e. The maximum atomic E-state index is 13.4. The number of nitrogens with one attached hydrogen (secondary N) is 1. The third-order valence-corrected chi connectivity index (χ3v) is 11.1. The number of sulfone groups is 1. The van der Waals surface area contributed by atoms with Crippen LogP contribution < -0.4 is 10.2 Å². The van der Waals surface area contributed by atoms with Crippen molar-refractivity contribution in [1.82, 2.24) is 4.31 Å². The van der Waals surface area contributed by atoms with E-state index in [0.717, 1.165) is 17.8 Å². The van der Waals surface area contributed by atoms with Gasteiger partial charge in [-0.15, -0.1) is 11.3 Å². The zero-order valence-corrected chi connectivity index (χ0v) is 22.7. The molecule has 12 heteroatoms. The van der Waals surface area contributed by atoms with E-state index in [2.05, 4.69) is 5.32 Å². The highest BCUT2D eigenvalue weighted by Crippen LogP contribution is 2.41. The fraction of sp³-hybridized carbons (Fsp3) is 0.360. The Balaban J connectivity index is 1.43. The maximum absolute atomic E-state index is 13.4. The normalized spacial score (nSPS) is 18.5. The van der Waals surface area contributed by atoms with Gasteiger partial charge in [-0.05, 0) is 48.9 Å². The Hall–Kier alpha value is -2.80. The molecule has 196 valence electrons. The van der Waals surface area contributed by atoms with Gasteiger partial charge in [0.25, 0.3) is 15.9 Å². The van der Waals surface area contributed by atoms with E-state index >= 15 is 0 Å². The van der Waals surface area contributed by atoms with E-state index in [-0.39, 0.29) is 29.0 Å². The summed E-state index contributed by atoms with van der Waals surface area (Å²) < 4.78 is 51.0. The van der Waals surface area contributed by atoms with Gasteiger partial charge in [0.2, 0.25) is 5.91 Å². The predicted octanol–water partition coefficient (Wildman–Crippen LogP) is 3.48. The van der Waals surface area contributed by atoms with Crippen LogP contribution in [0, 0.1) is 0 Å². The number of nitrogens with zero attached hydrogens (tertiary/aromatic N) is 2. The molecule has 1 saturated heterocycles. The SMILES string of the molecule is CS(=O)(=O)CCCN1C(=O)c2cccc3c(NC(=O)C4CCCCN4S(=O)(=O)c4cccs4)ccc1c23. The zero-order valence-electron chi connectivity index (χ0n) is 20.2. The van der Waals surface area contributed by atoms with Gasteiger partial charge in [0.05, 0.1) is 11.4 Å². The minimum absolute atomic E-state index is 0.0172. The molecule has 3 heterocycles. The lowest BCUT2D eigenvalue weighted by atomic mass is 10.0. The molecular weight excluding hydrogens is 534 g/mol. The first-order chi connectivity index (χ1) is 17.6. The molecule has 2 aliphatic heterocycles. The molecule has 2 aliphatic rings. The Bertz CT molecular complexity index is 1580. The molecule has 1 unspecified atom stereocenters. The van der Waals surface area contributed by atoms with Gasteiger partial charge in [0.1, 0.15) is 20.1 Å². The fourth-order valence-electron chi connectivity index (χ4n) is 5.06. The van der Waals surface area contributed by atoms with Gasteiger partial charge >= 0.3 is 0 Å². The molecule has 37 heavy (non-hydrogen) atoms. The average molecular weight is 562 g/mol. The van der Waals surface area contributed by atoms with E-state index in [9.17, 15) is 26.4 Å². The summed E-state index contributed by atoms with van der Waals surface area (Å²) >= 11 is 1.13. The molecule has 2 aromatic carbocycles. The molecule has 1 N–H and O–H groups in total. The standard InChI is InChI=1S/C25H27N3O6S3/c1-36(31,32)16-6-13-27-20-12-11-19(17-7-4-8-18(23(17)20)25(27)30)26-24(29)21-9-2-3-14-28(21)37(33,34)22-10-5-15-35-22/h4-5,7-8,10-12,15,21H,2-3,6,9,13-14,16H2,1H3,(H,26,29). The van der Waals surface area contributed by atoms with Crippen LogP contribution >= 0.6 is 11.3 Å². The second-order valence-corrected chi connectivity index (χ2v) is 14.7. The summed E-state index contributed by atoms with van der Waals surface area (Å²) in [7, 11) is -6.93. The number of rotatable bonds is 8. The van der Waals surface area contributed by atoms with E-state index in [1.807, 2.05) is 6.07 Å². The Morgan fingerprint density at radius 1 is 1.08 bits per heavy atom. The van der Waals surface area contributed by atoms with E-state index < -0.39 is 31.8 Å². The van der Waals surface area contributed by atoms with Gasteiger partial charge < -0.3 is 10.2 Å². The molecule has 1 aromatic heterocycles. The predicted molar refractivity (Wildman–Crippen MR) is 144 cm³/mol. The number of amides is 2. The lowest BCUT2D eigenvalue weighted by Crippen LogP contribution is -2.49. The number of anilines is 2. The van der Waals surface area contributed by atoms with Crippen LogP contribution in [0.5, 0.6) is 0 Å². The van der Waals surface area contributed by atoms with Crippen molar-refractivity contribution in [2.45, 2.75) is 35.9 Å².